The molecule has 1 unspecified atom stereocenters. The van der Waals surface area contributed by atoms with Crippen LogP contribution in [0.1, 0.15) is 51.0 Å². The number of hydrogen-bond acceptors (Lipinski definition) is 3. The zero-order valence-corrected chi connectivity index (χ0v) is 18.1. The van der Waals surface area contributed by atoms with Crippen LogP contribution in [0.3, 0.4) is 0 Å². The summed E-state index contributed by atoms with van der Waals surface area (Å²) in [5.74, 6) is 0.992. The number of carbonyl (C=O) groups excluding carboxylic acids is 2. The minimum Gasteiger partial charge on any atom is -0.338 e. The van der Waals surface area contributed by atoms with E-state index in [0.717, 1.165) is 41.0 Å². The summed E-state index contributed by atoms with van der Waals surface area (Å²) >= 11 is 0. The first-order chi connectivity index (χ1) is 15.6. The van der Waals surface area contributed by atoms with E-state index in [1.54, 1.807) is 0 Å². The van der Waals surface area contributed by atoms with Crippen molar-refractivity contribution in [2.75, 3.05) is 19.6 Å². The largest absolute Gasteiger partial charge is 0.338 e. The summed E-state index contributed by atoms with van der Waals surface area (Å²) in [5, 5.41) is 4.75. The van der Waals surface area contributed by atoms with E-state index in [2.05, 4.69) is 4.90 Å². The lowest BCUT2D eigenvalue weighted by Gasteiger charge is -2.42. The molecule has 1 saturated carbocycles. The number of carbonyl (C=O) groups is 2. The summed E-state index contributed by atoms with van der Waals surface area (Å²) in [6.07, 6.45) is 2.32. The van der Waals surface area contributed by atoms with Crippen molar-refractivity contribution in [1.82, 2.24) is 19.6 Å². The fraction of sp³-hybridized carbons (Fsp3) is 0.346. The third kappa shape index (κ3) is 3.05. The van der Waals surface area contributed by atoms with Crippen LogP contribution in [-0.2, 0) is 0 Å². The van der Waals surface area contributed by atoms with Crippen LogP contribution in [0.5, 0.6) is 0 Å². The van der Waals surface area contributed by atoms with Gasteiger partial charge >= 0.3 is 0 Å². The van der Waals surface area contributed by atoms with E-state index in [1.807, 2.05) is 77.2 Å². The topological polar surface area (TPSA) is 58.4 Å². The Labute approximate surface area is 187 Å². The Bertz CT molecular complexity index is 1180. The molecule has 3 aliphatic rings. The van der Waals surface area contributed by atoms with Crippen molar-refractivity contribution in [2.45, 2.75) is 25.8 Å². The molecule has 6 nitrogen and oxygen atoms in total. The average Bonchev–Trinajstić information content (AvgIpc) is 3.52. The predicted molar refractivity (Wildman–Crippen MR) is 121 cm³/mol. The SMILES string of the molecule is Cc1nn(-c2ccccc2)c2c1C(C1CC1)N(CC1CN(C(=O)c3ccccc3)C1)C2=O. The molecular weight excluding hydrogens is 400 g/mol. The van der Waals surface area contributed by atoms with E-state index in [9.17, 15) is 9.59 Å². The Kier molecular flexibility index (Phi) is 4.42. The molecule has 1 atom stereocenters. The monoisotopic (exact) mass is 426 g/mol. The Morgan fingerprint density at radius 1 is 1.00 bits per heavy atom. The molecule has 1 aliphatic carbocycles. The number of hydrogen-bond donors (Lipinski definition) is 0. The number of benzene rings is 2. The number of aromatic nitrogens is 2. The second-order valence-electron chi connectivity index (χ2n) is 9.28. The van der Waals surface area contributed by atoms with Crippen molar-refractivity contribution in [2.24, 2.45) is 11.8 Å². The highest BCUT2D eigenvalue weighted by atomic mass is 16.2. The molecule has 2 amide bonds. The molecule has 0 N–H and O–H groups in total. The van der Waals surface area contributed by atoms with Gasteiger partial charge in [0.15, 0.2) is 0 Å². The number of fused-ring (bicyclic) bond motifs is 1. The van der Waals surface area contributed by atoms with E-state index in [1.165, 1.54) is 0 Å². The van der Waals surface area contributed by atoms with Crippen LogP contribution in [0.25, 0.3) is 5.69 Å². The van der Waals surface area contributed by atoms with Crippen LogP contribution in [0.15, 0.2) is 60.7 Å². The van der Waals surface area contributed by atoms with Crippen LogP contribution in [0, 0.1) is 18.8 Å². The maximum absolute atomic E-state index is 13.6. The molecule has 32 heavy (non-hydrogen) atoms. The first-order valence-corrected chi connectivity index (χ1v) is 11.4. The van der Waals surface area contributed by atoms with Crippen molar-refractivity contribution >= 4 is 11.8 Å². The van der Waals surface area contributed by atoms with E-state index >= 15 is 0 Å². The van der Waals surface area contributed by atoms with E-state index in [0.29, 0.717) is 31.5 Å². The summed E-state index contributed by atoms with van der Waals surface area (Å²) in [6, 6.07) is 19.4. The zero-order valence-electron chi connectivity index (χ0n) is 18.1. The fourth-order valence-corrected chi connectivity index (χ4v) is 5.26. The summed E-state index contributed by atoms with van der Waals surface area (Å²) in [4.78, 5) is 30.3. The first-order valence-electron chi connectivity index (χ1n) is 11.4. The number of rotatable bonds is 5. The summed E-state index contributed by atoms with van der Waals surface area (Å²) in [7, 11) is 0. The Hall–Kier alpha value is -3.41. The van der Waals surface area contributed by atoms with Gasteiger partial charge in [-0.3, -0.25) is 9.59 Å². The quantitative estimate of drug-likeness (QED) is 0.623. The molecule has 2 fully saturated rings. The third-order valence-corrected chi connectivity index (χ3v) is 6.99. The smallest absolute Gasteiger partial charge is 0.273 e. The molecule has 6 rings (SSSR count). The lowest BCUT2D eigenvalue weighted by atomic mass is 9.96. The second-order valence-corrected chi connectivity index (χ2v) is 9.28. The highest BCUT2D eigenvalue weighted by Gasteiger charge is 2.50. The van der Waals surface area contributed by atoms with Gasteiger partial charge < -0.3 is 9.80 Å². The van der Waals surface area contributed by atoms with Gasteiger partial charge in [-0.05, 0) is 49.9 Å². The van der Waals surface area contributed by atoms with E-state index in [-0.39, 0.29) is 17.9 Å². The van der Waals surface area contributed by atoms with Gasteiger partial charge in [-0.25, -0.2) is 4.68 Å². The molecule has 2 aliphatic heterocycles. The molecule has 1 aromatic heterocycles. The van der Waals surface area contributed by atoms with Crippen LogP contribution in [0.4, 0.5) is 0 Å². The molecular formula is C26H26N4O2. The van der Waals surface area contributed by atoms with Crippen molar-refractivity contribution < 1.29 is 9.59 Å². The molecule has 1 saturated heterocycles. The lowest BCUT2D eigenvalue weighted by molar-refractivity contribution is 0.0337. The standard InChI is InChI=1S/C26H26N4O2/c1-17-22-23(19-12-13-19)29(26(32)24(22)30(27-17)21-10-6-3-7-11-21)16-18-14-28(15-18)25(31)20-8-4-2-5-9-20/h2-11,18-19,23H,12-16H2,1H3. The highest BCUT2D eigenvalue weighted by Crippen LogP contribution is 2.51. The zero-order chi connectivity index (χ0) is 21.8. The van der Waals surface area contributed by atoms with Gasteiger partial charge in [0, 0.05) is 36.7 Å². The minimum absolute atomic E-state index is 0.0761. The maximum atomic E-state index is 13.6. The van der Waals surface area contributed by atoms with Gasteiger partial charge in [-0.15, -0.1) is 0 Å². The lowest BCUT2D eigenvalue weighted by Crippen LogP contribution is -2.54. The Morgan fingerprint density at radius 2 is 1.66 bits per heavy atom. The summed E-state index contributed by atoms with van der Waals surface area (Å²) < 4.78 is 1.83. The second kappa shape index (κ2) is 7.33. The molecule has 6 heteroatoms. The predicted octanol–water partition coefficient (Wildman–Crippen LogP) is 3.86. The minimum atomic E-state index is 0.0761. The summed E-state index contributed by atoms with van der Waals surface area (Å²) in [6.45, 7) is 4.12. The Balaban J connectivity index is 1.23. The maximum Gasteiger partial charge on any atom is 0.273 e. The van der Waals surface area contributed by atoms with Crippen molar-refractivity contribution in [1.29, 1.82) is 0 Å². The van der Waals surface area contributed by atoms with Crippen molar-refractivity contribution in [3.63, 3.8) is 0 Å². The Morgan fingerprint density at radius 3 is 2.31 bits per heavy atom. The molecule has 2 aromatic carbocycles. The molecule has 0 radical (unpaired) electrons. The normalized spacial score (nSPS) is 20.4. The van der Waals surface area contributed by atoms with Gasteiger partial charge in [0.1, 0.15) is 5.69 Å². The van der Waals surface area contributed by atoms with Gasteiger partial charge in [0.2, 0.25) is 0 Å². The molecule has 0 bridgehead atoms. The van der Waals surface area contributed by atoms with E-state index in [4.69, 9.17) is 5.10 Å². The van der Waals surface area contributed by atoms with Gasteiger partial charge in [0.25, 0.3) is 11.8 Å². The number of nitrogens with zero attached hydrogens (tertiary/aromatic N) is 4. The molecule has 3 heterocycles. The highest BCUT2D eigenvalue weighted by molar-refractivity contribution is 5.99. The number of likely N-dealkylation sites (tertiary alicyclic amines) is 1. The molecule has 162 valence electrons. The molecule has 0 spiro atoms. The van der Waals surface area contributed by atoms with Crippen LogP contribution >= 0.6 is 0 Å². The van der Waals surface area contributed by atoms with Crippen molar-refractivity contribution in [3.05, 3.63) is 83.2 Å². The number of para-hydroxylation sites is 1. The van der Waals surface area contributed by atoms with E-state index < -0.39 is 0 Å². The summed E-state index contributed by atoms with van der Waals surface area (Å²) in [5.41, 5.74) is 4.43. The average molecular weight is 427 g/mol. The van der Waals surface area contributed by atoms with Gasteiger partial charge in [-0.1, -0.05) is 36.4 Å². The van der Waals surface area contributed by atoms with Gasteiger partial charge in [0.05, 0.1) is 17.4 Å². The van der Waals surface area contributed by atoms with Crippen molar-refractivity contribution in [3.8, 4) is 5.69 Å². The number of aryl methyl sites for hydroxylation is 1. The third-order valence-electron chi connectivity index (χ3n) is 6.99. The van der Waals surface area contributed by atoms with Crippen LogP contribution < -0.4 is 0 Å². The number of amides is 2. The fourth-order valence-electron chi connectivity index (χ4n) is 5.26. The van der Waals surface area contributed by atoms with Crippen LogP contribution in [0.2, 0.25) is 0 Å². The molecule has 3 aromatic rings. The van der Waals surface area contributed by atoms with Crippen LogP contribution in [-0.4, -0.2) is 51.0 Å². The first kappa shape index (κ1) is 19.3. The van der Waals surface area contributed by atoms with Gasteiger partial charge in [-0.2, -0.15) is 5.10 Å².